The minimum atomic E-state index is -0.473. The first-order valence-corrected chi connectivity index (χ1v) is 10.3. The number of hydrogen-bond donors (Lipinski definition) is 0. The summed E-state index contributed by atoms with van der Waals surface area (Å²) in [7, 11) is 0. The molecular formula is C21H36O3. The highest BCUT2D eigenvalue weighted by Crippen LogP contribution is 2.41. The molecule has 0 aliphatic heterocycles. The van der Waals surface area contributed by atoms with Crippen molar-refractivity contribution >= 4 is 11.8 Å². The SMILES string of the molecule is CCCCCOC(=O)C1CCC([C@H]2CC[C@H](CCC)CC2)CC1=O. The molecule has 0 aromatic rings. The highest BCUT2D eigenvalue weighted by molar-refractivity contribution is 5.99. The van der Waals surface area contributed by atoms with Crippen molar-refractivity contribution in [1.29, 1.82) is 0 Å². The first kappa shape index (κ1) is 19.5. The highest BCUT2D eigenvalue weighted by Gasteiger charge is 2.38. The molecule has 24 heavy (non-hydrogen) atoms. The molecule has 0 heterocycles. The third-order valence-electron chi connectivity index (χ3n) is 6.21. The topological polar surface area (TPSA) is 43.4 Å². The Labute approximate surface area is 147 Å². The Balaban J connectivity index is 1.72. The van der Waals surface area contributed by atoms with Gasteiger partial charge in [-0.2, -0.15) is 0 Å². The lowest BCUT2D eigenvalue weighted by atomic mass is 9.68. The predicted molar refractivity (Wildman–Crippen MR) is 96.7 cm³/mol. The van der Waals surface area contributed by atoms with Crippen LogP contribution in [0, 0.1) is 23.7 Å². The van der Waals surface area contributed by atoms with Gasteiger partial charge in [-0.15, -0.1) is 0 Å². The van der Waals surface area contributed by atoms with Gasteiger partial charge in [-0.05, 0) is 49.9 Å². The van der Waals surface area contributed by atoms with Crippen LogP contribution in [0.25, 0.3) is 0 Å². The summed E-state index contributed by atoms with van der Waals surface area (Å²) in [6.45, 7) is 4.87. The molecule has 2 aliphatic rings. The van der Waals surface area contributed by atoms with Crippen molar-refractivity contribution in [2.24, 2.45) is 23.7 Å². The molecule has 0 radical (unpaired) electrons. The zero-order valence-electron chi connectivity index (χ0n) is 15.7. The lowest BCUT2D eigenvalue weighted by Crippen LogP contribution is -2.35. The zero-order valence-corrected chi connectivity index (χ0v) is 15.7. The van der Waals surface area contributed by atoms with Gasteiger partial charge in [-0.25, -0.2) is 0 Å². The monoisotopic (exact) mass is 336 g/mol. The summed E-state index contributed by atoms with van der Waals surface area (Å²) in [6.07, 6.45) is 13.4. The summed E-state index contributed by atoms with van der Waals surface area (Å²) in [5.41, 5.74) is 0. The van der Waals surface area contributed by atoms with Gasteiger partial charge in [0.1, 0.15) is 11.7 Å². The van der Waals surface area contributed by atoms with Crippen LogP contribution in [0.15, 0.2) is 0 Å². The van der Waals surface area contributed by atoms with E-state index < -0.39 is 5.92 Å². The first-order chi connectivity index (χ1) is 11.7. The lowest BCUT2D eigenvalue weighted by molar-refractivity contribution is -0.154. The van der Waals surface area contributed by atoms with Crippen LogP contribution < -0.4 is 0 Å². The maximum atomic E-state index is 12.4. The maximum Gasteiger partial charge on any atom is 0.316 e. The lowest BCUT2D eigenvalue weighted by Gasteiger charge is -2.36. The summed E-state index contributed by atoms with van der Waals surface area (Å²) in [5.74, 6) is 1.55. The number of carbonyl (C=O) groups excluding carboxylic acids is 2. The van der Waals surface area contributed by atoms with Crippen molar-refractivity contribution in [3.8, 4) is 0 Å². The van der Waals surface area contributed by atoms with E-state index >= 15 is 0 Å². The van der Waals surface area contributed by atoms with Crippen molar-refractivity contribution in [3.05, 3.63) is 0 Å². The van der Waals surface area contributed by atoms with E-state index in [1.807, 2.05) is 0 Å². The molecule has 2 atom stereocenters. The molecule has 3 nitrogen and oxygen atoms in total. The van der Waals surface area contributed by atoms with Gasteiger partial charge in [0.05, 0.1) is 6.61 Å². The molecule has 0 aromatic carbocycles. The molecule has 2 aliphatic carbocycles. The van der Waals surface area contributed by atoms with Gasteiger partial charge in [0.2, 0.25) is 0 Å². The van der Waals surface area contributed by atoms with Gasteiger partial charge < -0.3 is 4.74 Å². The fourth-order valence-corrected chi connectivity index (χ4v) is 4.68. The van der Waals surface area contributed by atoms with E-state index in [0.717, 1.165) is 31.6 Å². The number of carbonyl (C=O) groups is 2. The molecule has 0 N–H and O–H groups in total. The Kier molecular flexibility index (Phi) is 8.28. The molecule has 2 unspecified atom stereocenters. The second-order valence-corrected chi connectivity index (χ2v) is 8.00. The van der Waals surface area contributed by atoms with Crippen molar-refractivity contribution in [3.63, 3.8) is 0 Å². The summed E-state index contributed by atoms with van der Waals surface area (Å²) in [5, 5.41) is 0. The van der Waals surface area contributed by atoms with E-state index in [9.17, 15) is 9.59 Å². The summed E-state index contributed by atoms with van der Waals surface area (Å²) < 4.78 is 5.32. The first-order valence-electron chi connectivity index (χ1n) is 10.3. The van der Waals surface area contributed by atoms with Gasteiger partial charge in [0.15, 0.2) is 0 Å². The Hall–Kier alpha value is -0.860. The molecule has 0 amide bonds. The summed E-state index contributed by atoms with van der Waals surface area (Å²) >= 11 is 0. The number of unbranched alkanes of at least 4 members (excludes halogenated alkanes) is 2. The molecule has 0 bridgehead atoms. The van der Waals surface area contributed by atoms with Crippen LogP contribution in [-0.2, 0) is 14.3 Å². The number of Topliss-reactive ketones (excluding diaryl/α,β-unsaturated/α-hetero) is 1. The van der Waals surface area contributed by atoms with Crippen LogP contribution in [-0.4, -0.2) is 18.4 Å². The molecule has 2 rings (SSSR count). The van der Waals surface area contributed by atoms with Crippen LogP contribution in [0.4, 0.5) is 0 Å². The number of ether oxygens (including phenoxy) is 1. The normalized spacial score (nSPS) is 31.0. The number of hydrogen-bond acceptors (Lipinski definition) is 3. The third kappa shape index (κ3) is 5.60. The number of esters is 1. The van der Waals surface area contributed by atoms with E-state index in [0.29, 0.717) is 31.3 Å². The number of rotatable bonds is 8. The van der Waals surface area contributed by atoms with Gasteiger partial charge in [0.25, 0.3) is 0 Å². The number of ketones is 1. The van der Waals surface area contributed by atoms with Crippen LogP contribution in [0.3, 0.4) is 0 Å². The van der Waals surface area contributed by atoms with Gasteiger partial charge in [0, 0.05) is 6.42 Å². The Morgan fingerprint density at radius 3 is 2.29 bits per heavy atom. The molecular weight excluding hydrogens is 300 g/mol. The van der Waals surface area contributed by atoms with Crippen molar-refractivity contribution in [2.45, 2.75) is 90.9 Å². The Morgan fingerprint density at radius 1 is 0.958 bits per heavy atom. The predicted octanol–water partition coefficient (Wildman–Crippen LogP) is 5.31. The molecule has 0 saturated heterocycles. The highest BCUT2D eigenvalue weighted by atomic mass is 16.5. The van der Waals surface area contributed by atoms with E-state index in [1.165, 1.54) is 38.5 Å². The average Bonchev–Trinajstić information content (AvgIpc) is 2.59. The zero-order chi connectivity index (χ0) is 17.4. The quantitative estimate of drug-likeness (QED) is 0.343. The fraction of sp³-hybridized carbons (Fsp3) is 0.905. The van der Waals surface area contributed by atoms with E-state index in [1.54, 1.807) is 0 Å². The van der Waals surface area contributed by atoms with Crippen LogP contribution in [0.5, 0.6) is 0 Å². The molecule has 0 spiro atoms. The minimum Gasteiger partial charge on any atom is -0.465 e. The van der Waals surface area contributed by atoms with Crippen molar-refractivity contribution in [2.75, 3.05) is 6.61 Å². The van der Waals surface area contributed by atoms with Gasteiger partial charge >= 0.3 is 5.97 Å². The molecule has 138 valence electrons. The van der Waals surface area contributed by atoms with Crippen LogP contribution in [0.1, 0.15) is 90.9 Å². The smallest absolute Gasteiger partial charge is 0.316 e. The fourth-order valence-electron chi connectivity index (χ4n) is 4.68. The third-order valence-corrected chi connectivity index (χ3v) is 6.21. The van der Waals surface area contributed by atoms with E-state index in [-0.39, 0.29) is 11.8 Å². The summed E-state index contributed by atoms with van der Waals surface area (Å²) in [4.78, 5) is 24.6. The molecule has 2 saturated carbocycles. The average molecular weight is 337 g/mol. The van der Waals surface area contributed by atoms with Gasteiger partial charge in [-0.3, -0.25) is 9.59 Å². The standard InChI is InChI=1S/C21H36O3/c1-3-5-6-14-24-21(23)19-13-12-18(15-20(19)22)17-10-8-16(7-4-2)9-11-17/h16-19H,3-15H2,1-2H3/t16-,17-,18?,19?. The minimum absolute atomic E-state index is 0.141. The summed E-state index contributed by atoms with van der Waals surface area (Å²) in [6, 6.07) is 0. The van der Waals surface area contributed by atoms with Crippen molar-refractivity contribution < 1.29 is 14.3 Å². The van der Waals surface area contributed by atoms with Crippen LogP contribution in [0.2, 0.25) is 0 Å². The van der Waals surface area contributed by atoms with E-state index in [2.05, 4.69) is 13.8 Å². The second kappa shape index (κ2) is 10.2. The molecule has 0 aromatic heterocycles. The maximum absolute atomic E-state index is 12.4. The molecule has 3 heteroatoms. The molecule has 2 fully saturated rings. The van der Waals surface area contributed by atoms with E-state index in [4.69, 9.17) is 4.74 Å². The second-order valence-electron chi connectivity index (χ2n) is 8.00. The largest absolute Gasteiger partial charge is 0.465 e. The van der Waals surface area contributed by atoms with Crippen molar-refractivity contribution in [1.82, 2.24) is 0 Å². The Morgan fingerprint density at radius 2 is 1.67 bits per heavy atom. The van der Waals surface area contributed by atoms with Crippen LogP contribution >= 0.6 is 0 Å². The Bertz CT molecular complexity index is 396. The van der Waals surface area contributed by atoms with Gasteiger partial charge in [-0.1, -0.05) is 52.4 Å².